The van der Waals surface area contributed by atoms with Crippen molar-refractivity contribution >= 4 is 16.8 Å². The molecule has 0 radical (unpaired) electrons. The van der Waals surface area contributed by atoms with E-state index in [0.717, 1.165) is 23.1 Å². The van der Waals surface area contributed by atoms with Crippen molar-refractivity contribution in [2.24, 2.45) is 0 Å². The molecule has 5 nitrogen and oxygen atoms in total. The van der Waals surface area contributed by atoms with Crippen molar-refractivity contribution < 1.29 is 9.21 Å². The Hall–Kier alpha value is -3.60. The topological polar surface area (TPSA) is 64.2 Å². The highest BCUT2D eigenvalue weighted by Crippen LogP contribution is 2.21. The maximum Gasteiger partial charge on any atom is 0.240 e. The van der Waals surface area contributed by atoms with Crippen molar-refractivity contribution in [3.63, 3.8) is 0 Å². The summed E-state index contributed by atoms with van der Waals surface area (Å²) < 4.78 is 7.12. The third kappa shape index (κ3) is 3.99. The van der Waals surface area contributed by atoms with Crippen LogP contribution in [0.5, 0.6) is 0 Å². The fraction of sp³-hybridized carbons (Fsp3) is 0.167. The number of fused-ring (bicyclic) bond motifs is 1. The summed E-state index contributed by atoms with van der Waals surface area (Å²) in [6.07, 6.45) is 4.22. The van der Waals surface area contributed by atoms with Crippen molar-refractivity contribution in [1.82, 2.24) is 9.88 Å². The van der Waals surface area contributed by atoms with E-state index in [1.54, 1.807) is 18.5 Å². The average Bonchev–Trinajstić information content (AvgIpc) is 3.28. The Balaban J connectivity index is 1.74. The van der Waals surface area contributed by atoms with Gasteiger partial charge in [-0.15, -0.1) is 0 Å². The second kappa shape index (κ2) is 8.19. The molecule has 0 fully saturated rings. The molecule has 1 N–H and O–H groups in total. The molecule has 4 rings (SSSR count). The van der Waals surface area contributed by atoms with E-state index in [0.29, 0.717) is 23.3 Å². The number of furan rings is 1. The minimum Gasteiger partial charge on any atom is -0.467 e. The van der Waals surface area contributed by atoms with Crippen LogP contribution in [0.3, 0.4) is 0 Å². The van der Waals surface area contributed by atoms with Crippen molar-refractivity contribution in [2.75, 3.05) is 0 Å². The molecule has 146 valence electrons. The van der Waals surface area contributed by atoms with Gasteiger partial charge in [0.25, 0.3) is 0 Å². The van der Waals surface area contributed by atoms with Gasteiger partial charge in [0.2, 0.25) is 5.91 Å². The van der Waals surface area contributed by atoms with E-state index >= 15 is 0 Å². The molecule has 0 unspecified atom stereocenters. The van der Waals surface area contributed by atoms with E-state index in [4.69, 9.17) is 4.42 Å². The van der Waals surface area contributed by atoms with E-state index in [2.05, 4.69) is 12.2 Å². The minimum absolute atomic E-state index is 0.0268. The summed E-state index contributed by atoms with van der Waals surface area (Å²) in [7, 11) is 0. The van der Waals surface area contributed by atoms with Gasteiger partial charge in [-0.1, -0.05) is 43.3 Å². The maximum atomic E-state index is 13.1. The lowest BCUT2D eigenvalue weighted by Gasteiger charge is -2.14. The van der Waals surface area contributed by atoms with E-state index in [9.17, 15) is 9.59 Å². The molecule has 0 aliphatic heterocycles. The van der Waals surface area contributed by atoms with Crippen LogP contribution in [0.1, 0.15) is 18.2 Å². The first-order valence-corrected chi connectivity index (χ1v) is 9.66. The summed E-state index contributed by atoms with van der Waals surface area (Å²) in [5.74, 6) is 0.550. The van der Waals surface area contributed by atoms with Crippen LogP contribution in [0.4, 0.5) is 0 Å². The Morgan fingerprint density at radius 2 is 1.90 bits per heavy atom. The molecule has 0 saturated carbocycles. The van der Waals surface area contributed by atoms with Gasteiger partial charge in [-0.05, 0) is 41.8 Å². The van der Waals surface area contributed by atoms with Gasteiger partial charge in [-0.2, -0.15) is 0 Å². The number of carbonyl (C=O) groups is 1. The fourth-order valence-corrected chi connectivity index (χ4v) is 3.42. The lowest BCUT2D eigenvalue weighted by atomic mass is 10.0. The van der Waals surface area contributed by atoms with Crippen molar-refractivity contribution in [3.05, 3.63) is 94.7 Å². The van der Waals surface area contributed by atoms with Crippen LogP contribution in [0, 0.1) is 0 Å². The minimum atomic E-state index is -0.146. The van der Waals surface area contributed by atoms with E-state index in [1.807, 2.05) is 59.2 Å². The molecular formula is C24H22N2O3. The number of aromatic nitrogens is 1. The van der Waals surface area contributed by atoms with Crippen LogP contribution in [0.2, 0.25) is 0 Å². The van der Waals surface area contributed by atoms with Gasteiger partial charge in [0.05, 0.1) is 18.3 Å². The molecule has 0 saturated heterocycles. The summed E-state index contributed by atoms with van der Waals surface area (Å²) in [4.78, 5) is 25.7. The quantitative estimate of drug-likeness (QED) is 0.542. The molecule has 0 atom stereocenters. The third-order valence-corrected chi connectivity index (χ3v) is 4.99. The number of amides is 1. The highest BCUT2D eigenvalue weighted by atomic mass is 16.3. The van der Waals surface area contributed by atoms with E-state index in [-0.39, 0.29) is 17.9 Å². The summed E-state index contributed by atoms with van der Waals surface area (Å²) in [6.45, 7) is 2.51. The number of nitrogens with one attached hydrogen (secondary N) is 1. The Kier molecular flexibility index (Phi) is 5.29. The van der Waals surface area contributed by atoms with Gasteiger partial charge >= 0.3 is 0 Å². The second-order valence-corrected chi connectivity index (χ2v) is 6.93. The molecule has 4 aromatic rings. The Morgan fingerprint density at radius 3 is 2.62 bits per heavy atom. The Bertz CT molecular complexity index is 1190. The molecule has 29 heavy (non-hydrogen) atoms. The molecule has 0 aliphatic carbocycles. The van der Waals surface area contributed by atoms with Gasteiger partial charge in [0, 0.05) is 17.1 Å². The average molecular weight is 386 g/mol. The number of benzene rings is 2. The molecular weight excluding hydrogens is 364 g/mol. The normalized spacial score (nSPS) is 10.9. The fourth-order valence-electron chi connectivity index (χ4n) is 3.42. The van der Waals surface area contributed by atoms with E-state index < -0.39 is 0 Å². The second-order valence-electron chi connectivity index (χ2n) is 6.93. The van der Waals surface area contributed by atoms with Gasteiger partial charge < -0.3 is 14.3 Å². The maximum absolute atomic E-state index is 13.1. The molecule has 0 bridgehead atoms. The number of hydrogen-bond donors (Lipinski definition) is 1. The first kappa shape index (κ1) is 18.7. The third-order valence-electron chi connectivity index (χ3n) is 4.99. The largest absolute Gasteiger partial charge is 0.467 e. The highest BCUT2D eigenvalue weighted by Gasteiger charge is 2.13. The lowest BCUT2D eigenvalue weighted by Crippen LogP contribution is -2.28. The number of pyridine rings is 1. The first-order valence-electron chi connectivity index (χ1n) is 9.66. The summed E-state index contributed by atoms with van der Waals surface area (Å²) in [5, 5.41) is 3.48. The summed E-state index contributed by atoms with van der Waals surface area (Å²) in [5.41, 5.74) is 3.28. The van der Waals surface area contributed by atoms with E-state index in [1.165, 1.54) is 0 Å². The molecule has 0 aliphatic rings. The number of rotatable bonds is 6. The molecule has 2 aromatic carbocycles. The predicted molar refractivity (Wildman–Crippen MR) is 114 cm³/mol. The summed E-state index contributed by atoms with van der Waals surface area (Å²) >= 11 is 0. The van der Waals surface area contributed by atoms with Crippen LogP contribution in [-0.2, 0) is 24.3 Å². The predicted octanol–water partition coefficient (Wildman–Crippen LogP) is 4.14. The standard InChI is InChI=1S/C24H22N2O3/c1-2-17-10-11-20-22(13-17)26(16-23(27)25-14-19-9-6-12-29-19)15-21(24(20)28)18-7-4-3-5-8-18/h3-13,15H,2,14,16H2,1H3,(H,25,27). The van der Waals surface area contributed by atoms with Crippen molar-refractivity contribution in [3.8, 4) is 11.1 Å². The molecule has 5 heteroatoms. The van der Waals surface area contributed by atoms with Crippen LogP contribution >= 0.6 is 0 Å². The van der Waals surface area contributed by atoms with Gasteiger partial charge in [-0.3, -0.25) is 9.59 Å². The lowest BCUT2D eigenvalue weighted by molar-refractivity contribution is -0.121. The highest BCUT2D eigenvalue weighted by molar-refractivity contribution is 5.86. The summed E-state index contributed by atoms with van der Waals surface area (Å²) in [6, 6.07) is 19.0. The number of carbonyl (C=O) groups excluding carboxylic acids is 1. The number of nitrogens with zero attached hydrogens (tertiary/aromatic N) is 1. The Labute approximate surface area is 168 Å². The van der Waals surface area contributed by atoms with Gasteiger partial charge in [-0.25, -0.2) is 0 Å². The van der Waals surface area contributed by atoms with Crippen LogP contribution in [0.25, 0.3) is 22.0 Å². The monoisotopic (exact) mass is 386 g/mol. The molecule has 2 heterocycles. The van der Waals surface area contributed by atoms with Crippen LogP contribution in [-0.4, -0.2) is 10.5 Å². The molecule has 2 aromatic heterocycles. The van der Waals surface area contributed by atoms with Crippen LogP contribution in [0.15, 0.2) is 82.3 Å². The van der Waals surface area contributed by atoms with Crippen molar-refractivity contribution in [1.29, 1.82) is 0 Å². The molecule has 0 spiro atoms. The molecule has 1 amide bonds. The number of aryl methyl sites for hydroxylation is 1. The van der Waals surface area contributed by atoms with Crippen molar-refractivity contribution in [2.45, 2.75) is 26.4 Å². The zero-order valence-electron chi connectivity index (χ0n) is 16.2. The zero-order valence-corrected chi connectivity index (χ0v) is 16.2. The first-order chi connectivity index (χ1) is 14.2. The van der Waals surface area contributed by atoms with Gasteiger partial charge in [0.1, 0.15) is 12.3 Å². The zero-order chi connectivity index (χ0) is 20.2. The Morgan fingerprint density at radius 1 is 1.07 bits per heavy atom. The smallest absolute Gasteiger partial charge is 0.240 e. The van der Waals surface area contributed by atoms with Gasteiger partial charge in [0.15, 0.2) is 5.43 Å². The SMILES string of the molecule is CCc1ccc2c(=O)c(-c3ccccc3)cn(CC(=O)NCc3ccco3)c2c1. The van der Waals surface area contributed by atoms with Crippen LogP contribution < -0.4 is 10.7 Å². The number of hydrogen-bond acceptors (Lipinski definition) is 3.